The summed E-state index contributed by atoms with van der Waals surface area (Å²) in [6.07, 6.45) is -0.707. The monoisotopic (exact) mass is 397 g/mol. The number of nitrogens with zero attached hydrogens (tertiary/aromatic N) is 2. The number of rotatable bonds is 4. The van der Waals surface area contributed by atoms with Gasteiger partial charge in [-0.1, -0.05) is 13.0 Å². The molecule has 0 bridgehead atoms. The molecule has 0 spiro atoms. The van der Waals surface area contributed by atoms with Gasteiger partial charge in [-0.25, -0.2) is 0 Å². The molecular formula is C21H30F3N3O. The first-order valence-corrected chi connectivity index (χ1v) is 10.2. The summed E-state index contributed by atoms with van der Waals surface area (Å²) in [6, 6.07) is 4.83. The summed E-state index contributed by atoms with van der Waals surface area (Å²) < 4.78 is 40.6. The molecule has 156 valence electrons. The summed E-state index contributed by atoms with van der Waals surface area (Å²) in [7, 11) is 2.08. The Labute approximate surface area is 165 Å². The van der Waals surface area contributed by atoms with Crippen molar-refractivity contribution < 1.29 is 18.0 Å². The highest BCUT2D eigenvalue weighted by atomic mass is 19.4. The molecule has 2 aliphatic rings. The molecule has 7 heteroatoms. The normalized spacial score (nSPS) is 20.4. The van der Waals surface area contributed by atoms with Crippen LogP contribution < -0.4 is 10.2 Å². The highest BCUT2D eigenvalue weighted by Crippen LogP contribution is 2.38. The fourth-order valence-corrected chi connectivity index (χ4v) is 4.16. The molecule has 2 saturated heterocycles. The fraction of sp³-hybridized carbons (Fsp3) is 0.667. The van der Waals surface area contributed by atoms with E-state index in [0.717, 1.165) is 25.9 Å². The van der Waals surface area contributed by atoms with Crippen molar-refractivity contribution in [2.45, 2.75) is 51.2 Å². The zero-order valence-corrected chi connectivity index (χ0v) is 16.7. The van der Waals surface area contributed by atoms with E-state index in [1.54, 1.807) is 17.0 Å². The van der Waals surface area contributed by atoms with Gasteiger partial charge in [-0.05, 0) is 69.9 Å². The van der Waals surface area contributed by atoms with E-state index in [0.29, 0.717) is 37.9 Å². The Balaban J connectivity index is 1.60. The molecule has 0 aliphatic carbocycles. The summed E-state index contributed by atoms with van der Waals surface area (Å²) in [5, 5.41) is 3.15. The number of hydrogen-bond acceptors (Lipinski definition) is 3. The molecule has 2 fully saturated rings. The van der Waals surface area contributed by atoms with Crippen LogP contribution in [0.5, 0.6) is 0 Å². The maximum atomic E-state index is 13.5. The van der Waals surface area contributed by atoms with Crippen molar-refractivity contribution in [3.05, 3.63) is 29.3 Å². The van der Waals surface area contributed by atoms with Crippen LogP contribution in [0.2, 0.25) is 0 Å². The van der Waals surface area contributed by atoms with E-state index in [9.17, 15) is 18.0 Å². The van der Waals surface area contributed by atoms with Gasteiger partial charge in [0, 0.05) is 30.7 Å². The second-order valence-electron chi connectivity index (χ2n) is 8.05. The molecule has 28 heavy (non-hydrogen) atoms. The third-order valence-electron chi connectivity index (χ3n) is 6.05. The van der Waals surface area contributed by atoms with Crippen LogP contribution in [0, 0.1) is 5.92 Å². The van der Waals surface area contributed by atoms with Crippen LogP contribution in [0.3, 0.4) is 0 Å². The summed E-state index contributed by atoms with van der Waals surface area (Å²) >= 11 is 0. The Morgan fingerprint density at radius 1 is 1.11 bits per heavy atom. The summed E-state index contributed by atoms with van der Waals surface area (Å²) in [5.74, 6) is -0.0493. The Hall–Kier alpha value is -1.76. The first-order chi connectivity index (χ1) is 13.3. The van der Waals surface area contributed by atoms with Gasteiger partial charge in [0.1, 0.15) is 0 Å². The van der Waals surface area contributed by atoms with Gasteiger partial charge in [0.05, 0.1) is 5.56 Å². The number of nitrogens with one attached hydrogen (secondary N) is 1. The van der Waals surface area contributed by atoms with Gasteiger partial charge in [0.2, 0.25) is 5.91 Å². The van der Waals surface area contributed by atoms with E-state index in [2.05, 4.69) is 17.3 Å². The van der Waals surface area contributed by atoms with E-state index in [1.165, 1.54) is 6.07 Å². The number of carbonyl (C=O) groups excluding carboxylic acids is 1. The molecule has 4 nitrogen and oxygen atoms in total. The summed E-state index contributed by atoms with van der Waals surface area (Å²) in [6.45, 7) is 4.76. The zero-order chi connectivity index (χ0) is 20.3. The number of anilines is 1. The third kappa shape index (κ3) is 4.99. The second kappa shape index (κ2) is 8.72. The van der Waals surface area contributed by atoms with Crippen LogP contribution in [-0.4, -0.2) is 50.1 Å². The van der Waals surface area contributed by atoms with E-state index >= 15 is 0 Å². The zero-order valence-electron chi connectivity index (χ0n) is 16.7. The lowest BCUT2D eigenvalue weighted by Gasteiger charge is -2.36. The van der Waals surface area contributed by atoms with Crippen LogP contribution in [0.25, 0.3) is 0 Å². The summed E-state index contributed by atoms with van der Waals surface area (Å²) in [5.41, 5.74) is 0.350. The topological polar surface area (TPSA) is 35.6 Å². The smallest absolute Gasteiger partial charge is 0.371 e. The van der Waals surface area contributed by atoms with Crippen molar-refractivity contribution in [2.75, 3.05) is 38.1 Å². The Morgan fingerprint density at radius 3 is 2.32 bits per heavy atom. The minimum atomic E-state index is -4.37. The van der Waals surface area contributed by atoms with E-state index < -0.39 is 11.7 Å². The number of alkyl halides is 3. The maximum Gasteiger partial charge on any atom is 0.418 e. The highest BCUT2D eigenvalue weighted by Gasteiger charge is 2.36. The molecule has 0 saturated carbocycles. The van der Waals surface area contributed by atoms with Gasteiger partial charge in [-0.2, -0.15) is 13.2 Å². The summed E-state index contributed by atoms with van der Waals surface area (Å²) in [4.78, 5) is 16.6. The third-order valence-corrected chi connectivity index (χ3v) is 6.05. The molecule has 0 aromatic heterocycles. The lowest BCUT2D eigenvalue weighted by atomic mass is 9.93. The van der Waals surface area contributed by atoms with Crippen LogP contribution in [-0.2, 0) is 17.4 Å². The molecule has 0 atom stereocenters. The molecule has 1 aromatic carbocycles. The molecule has 2 heterocycles. The van der Waals surface area contributed by atoms with Gasteiger partial charge in [-0.15, -0.1) is 0 Å². The number of halogens is 3. The highest BCUT2D eigenvalue weighted by molar-refractivity contribution is 5.79. The van der Waals surface area contributed by atoms with Crippen molar-refractivity contribution in [3.63, 3.8) is 0 Å². The fourth-order valence-electron chi connectivity index (χ4n) is 4.16. The SMILES string of the molecule is CCc1ccc(N2CCC(C(=O)NC3CCN(C)CC3)CC2)c(C(F)(F)F)c1. The largest absolute Gasteiger partial charge is 0.418 e. The van der Waals surface area contributed by atoms with E-state index in [-0.39, 0.29) is 23.6 Å². The van der Waals surface area contributed by atoms with Crippen LogP contribution in [0.4, 0.5) is 18.9 Å². The van der Waals surface area contributed by atoms with Crippen LogP contribution in [0.15, 0.2) is 18.2 Å². The predicted octanol–water partition coefficient (Wildman–Crippen LogP) is 3.69. The van der Waals surface area contributed by atoms with Gasteiger partial charge >= 0.3 is 6.18 Å². The molecule has 2 aliphatic heterocycles. The lowest BCUT2D eigenvalue weighted by molar-refractivity contribution is -0.137. The van der Waals surface area contributed by atoms with Gasteiger partial charge in [0.25, 0.3) is 0 Å². The standard InChI is InChI=1S/C21H30F3N3O/c1-3-15-4-5-19(18(14-15)21(22,23)24)27-12-6-16(7-13-27)20(28)25-17-8-10-26(2)11-9-17/h4-5,14,16-17H,3,6-13H2,1-2H3,(H,25,28). The molecule has 1 amide bonds. The van der Waals surface area contributed by atoms with E-state index in [1.807, 2.05) is 6.92 Å². The Morgan fingerprint density at radius 2 is 1.75 bits per heavy atom. The van der Waals surface area contributed by atoms with Crippen molar-refractivity contribution in [2.24, 2.45) is 5.92 Å². The van der Waals surface area contributed by atoms with Gasteiger partial charge < -0.3 is 15.1 Å². The number of piperidine rings is 2. The number of likely N-dealkylation sites (tertiary alicyclic amines) is 1. The lowest BCUT2D eigenvalue weighted by Crippen LogP contribution is -2.47. The van der Waals surface area contributed by atoms with Crippen LogP contribution >= 0.6 is 0 Å². The van der Waals surface area contributed by atoms with Gasteiger partial charge in [0.15, 0.2) is 0 Å². The Kier molecular flexibility index (Phi) is 6.53. The number of carbonyl (C=O) groups is 1. The van der Waals surface area contributed by atoms with Gasteiger partial charge in [-0.3, -0.25) is 4.79 Å². The quantitative estimate of drug-likeness (QED) is 0.842. The number of aryl methyl sites for hydroxylation is 1. The van der Waals surface area contributed by atoms with Crippen molar-refractivity contribution in [3.8, 4) is 0 Å². The first-order valence-electron chi connectivity index (χ1n) is 10.2. The van der Waals surface area contributed by atoms with Crippen molar-refractivity contribution in [1.82, 2.24) is 10.2 Å². The van der Waals surface area contributed by atoms with Crippen molar-refractivity contribution >= 4 is 11.6 Å². The maximum absolute atomic E-state index is 13.5. The Bertz CT molecular complexity index is 676. The molecule has 0 radical (unpaired) electrons. The average molecular weight is 397 g/mol. The minimum absolute atomic E-state index is 0.0616. The average Bonchev–Trinajstić information content (AvgIpc) is 2.68. The van der Waals surface area contributed by atoms with Crippen molar-refractivity contribution in [1.29, 1.82) is 0 Å². The molecule has 0 unspecified atom stereocenters. The van der Waals surface area contributed by atoms with Crippen LogP contribution in [0.1, 0.15) is 43.7 Å². The molecular weight excluding hydrogens is 367 g/mol. The minimum Gasteiger partial charge on any atom is -0.371 e. The first kappa shape index (κ1) is 21.0. The number of hydrogen-bond donors (Lipinski definition) is 1. The second-order valence-corrected chi connectivity index (χ2v) is 8.05. The molecule has 1 aromatic rings. The predicted molar refractivity (Wildman–Crippen MR) is 104 cm³/mol. The molecule has 3 rings (SSSR count). The number of amides is 1. The number of benzene rings is 1. The van der Waals surface area contributed by atoms with E-state index in [4.69, 9.17) is 0 Å². The molecule has 1 N–H and O–H groups in total.